The first-order chi connectivity index (χ1) is 20.8. The summed E-state index contributed by atoms with van der Waals surface area (Å²) in [5.41, 5.74) is 10.8. The Bertz CT molecular complexity index is 2100. The van der Waals surface area contributed by atoms with Crippen molar-refractivity contribution in [3.05, 3.63) is 138 Å². The van der Waals surface area contributed by atoms with E-state index in [-0.39, 0.29) is 11.2 Å². The minimum Gasteiger partial charge on any atom is -0.507 e. The maximum atomic E-state index is 10.5. The molecule has 0 saturated heterocycles. The summed E-state index contributed by atoms with van der Waals surface area (Å²) in [5, 5.41) is 11.7. The van der Waals surface area contributed by atoms with Gasteiger partial charge in [0.25, 0.3) is 0 Å². The van der Waals surface area contributed by atoms with Gasteiger partial charge >= 0.3 is 0 Å². The third-order valence-electron chi connectivity index (χ3n) is 8.00. The standard InChI is InChI=1S/C39H32N2O2/c1-39(2,3)30-23-29-15-10-18-40-36(29)33(24-30)28-14-9-13-27(22-28)32-20-26(19-25-11-5-4-6-12-25)21-35-37(32)41-38(43-35)31-16-7-8-17-34(31)42/h4-18,20-24,42H,19H2,1-3H3. The smallest absolute Gasteiger partial charge is 0.231 e. The number of oxazole rings is 1. The van der Waals surface area contributed by atoms with Crippen molar-refractivity contribution < 1.29 is 9.52 Å². The number of aromatic hydroxyl groups is 1. The van der Waals surface area contributed by atoms with Gasteiger partial charge in [0, 0.05) is 22.7 Å². The van der Waals surface area contributed by atoms with Gasteiger partial charge in [-0.1, -0.05) is 87.5 Å². The monoisotopic (exact) mass is 560 g/mol. The normalized spacial score (nSPS) is 11.8. The van der Waals surface area contributed by atoms with Crippen LogP contribution in [0.4, 0.5) is 0 Å². The lowest BCUT2D eigenvalue weighted by Gasteiger charge is -2.21. The number of pyridine rings is 1. The second kappa shape index (κ2) is 10.6. The number of fused-ring (bicyclic) bond motifs is 2. The van der Waals surface area contributed by atoms with Gasteiger partial charge < -0.3 is 9.52 Å². The van der Waals surface area contributed by atoms with Crippen molar-refractivity contribution >= 4 is 22.0 Å². The summed E-state index contributed by atoms with van der Waals surface area (Å²) in [6.45, 7) is 6.73. The number of aromatic nitrogens is 2. The molecule has 0 unspecified atom stereocenters. The van der Waals surface area contributed by atoms with Crippen molar-refractivity contribution in [3.8, 4) is 39.5 Å². The van der Waals surface area contributed by atoms with Crippen molar-refractivity contribution in [3.63, 3.8) is 0 Å². The number of hydrogen-bond acceptors (Lipinski definition) is 4. The minimum absolute atomic E-state index is 0.00552. The third-order valence-corrected chi connectivity index (χ3v) is 8.00. The Labute approximate surface area is 251 Å². The SMILES string of the molecule is CC(C)(C)c1cc(-c2cccc(-c3cc(Cc4ccccc4)cc4oc(-c5ccccc5O)nc34)c2)c2ncccc2c1. The fourth-order valence-electron chi connectivity index (χ4n) is 5.71. The zero-order valence-electron chi connectivity index (χ0n) is 24.5. The number of phenols is 1. The largest absolute Gasteiger partial charge is 0.507 e. The highest BCUT2D eigenvalue weighted by atomic mass is 16.3. The van der Waals surface area contributed by atoms with Crippen molar-refractivity contribution in [1.82, 2.24) is 9.97 Å². The molecule has 7 aromatic rings. The Morgan fingerprint density at radius 1 is 0.651 bits per heavy atom. The molecular weight excluding hydrogens is 528 g/mol. The van der Waals surface area contributed by atoms with Crippen molar-refractivity contribution in [2.75, 3.05) is 0 Å². The first kappa shape index (κ1) is 26.7. The lowest BCUT2D eigenvalue weighted by Crippen LogP contribution is -2.11. The molecule has 4 nitrogen and oxygen atoms in total. The number of hydrogen-bond donors (Lipinski definition) is 1. The first-order valence-corrected chi connectivity index (χ1v) is 14.6. The number of para-hydroxylation sites is 1. The van der Waals surface area contributed by atoms with Crippen LogP contribution in [0.1, 0.15) is 37.5 Å². The molecule has 0 saturated carbocycles. The summed E-state index contributed by atoms with van der Waals surface area (Å²) in [6.07, 6.45) is 2.62. The summed E-state index contributed by atoms with van der Waals surface area (Å²) < 4.78 is 6.32. The van der Waals surface area contributed by atoms with E-state index in [2.05, 4.69) is 99.6 Å². The number of nitrogens with zero attached hydrogens (tertiary/aromatic N) is 2. The second-order valence-electron chi connectivity index (χ2n) is 12.1. The predicted octanol–water partition coefficient (Wildman–Crippen LogP) is 9.97. The van der Waals surface area contributed by atoms with E-state index in [1.165, 1.54) is 11.1 Å². The molecule has 0 aliphatic carbocycles. The maximum Gasteiger partial charge on any atom is 0.231 e. The van der Waals surface area contributed by atoms with Gasteiger partial charge in [-0.2, -0.15) is 0 Å². The van der Waals surface area contributed by atoms with E-state index in [1.807, 2.05) is 30.5 Å². The van der Waals surface area contributed by atoms with Gasteiger partial charge in [0.05, 0.1) is 11.1 Å². The number of benzene rings is 5. The molecule has 0 spiro atoms. The van der Waals surface area contributed by atoms with Crippen LogP contribution in [0.5, 0.6) is 5.75 Å². The van der Waals surface area contributed by atoms with Crippen LogP contribution in [0, 0.1) is 0 Å². The molecule has 7 rings (SSSR count). The van der Waals surface area contributed by atoms with Gasteiger partial charge in [0.15, 0.2) is 5.58 Å². The highest BCUT2D eigenvalue weighted by Gasteiger charge is 2.20. The first-order valence-electron chi connectivity index (χ1n) is 14.6. The Balaban J connectivity index is 1.42. The quantitative estimate of drug-likeness (QED) is 0.228. The van der Waals surface area contributed by atoms with E-state index in [4.69, 9.17) is 14.4 Å². The predicted molar refractivity (Wildman–Crippen MR) is 175 cm³/mol. The van der Waals surface area contributed by atoms with E-state index in [9.17, 15) is 5.11 Å². The topological polar surface area (TPSA) is 59.2 Å². The molecule has 2 heterocycles. The molecule has 0 atom stereocenters. The van der Waals surface area contributed by atoms with E-state index in [0.29, 0.717) is 17.0 Å². The van der Waals surface area contributed by atoms with E-state index < -0.39 is 0 Å². The fourth-order valence-corrected chi connectivity index (χ4v) is 5.71. The van der Waals surface area contributed by atoms with Crippen LogP contribution in [0.25, 0.3) is 55.7 Å². The Morgan fingerprint density at radius 2 is 1.40 bits per heavy atom. The highest BCUT2D eigenvalue weighted by molar-refractivity contribution is 5.97. The summed E-state index contributed by atoms with van der Waals surface area (Å²) in [4.78, 5) is 9.72. The summed E-state index contributed by atoms with van der Waals surface area (Å²) in [5.74, 6) is 0.538. The van der Waals surface area contributed by atoms with Gasteiger partial charge in [-0.15, -0.1) is 0 Å². The van der Waals surface area contributed by atoms with Gasteiger partial charge in [-0.25, -0.2) is 4.98 Å². The number of phenolic OH excluding ortho intramolecular Hbond substituents is 1. The average molecular weight is 561 g/mol. The minimum atomic E-state index is -0.00552. The molecular formula is C39H32N2O2. The Morgan fingerprint density at radius 3 is 2.16 bits per heavy atom. The molecule has 0 amide bonds. The summed E-state index contributed by atoms with van der Waals surface area (Å²) in [6, 6.07) is 39.1. The second-order valence-corrected chi connectivity index (χ2v) is 12.1. The lowest BCUT2D eigenvalue weighted by molar-refractivity contribution is 0.474. The molecule has 4 heteroatoms. The average Bonchev–Trinajstić information content (AvgIpc) is 3.44. The highest BCUT2D eigenvalue weighted by Crippen LogP contribution is 2.39. The van der Waals surface area contributed by atoms with Crippen molar-refractivity contribution in [2.45, 2.75) is 32.6 Å². The summed E-state index contributed by atoms with van der Waals surface area (Å²) >= 11 is 0. The van der Waals surface area contributed by atoms with Gasteiger partial charge in [0.1, 0.15) is 11.3 Å². The maximum absolute atomic E-state index is 10.5. The summed E-state index contributed by atoms with van der Waals surface area (Å²) in [7, 11) is 0. The molecule has 0 aliphatic heterocycles. The Hall–Kier alpha value is -5.22. The van der Waals surface area contributed by atoms with Crippen LogP contribution < -0.4 is 0 Å². The fraction of sp³-hybridized carbons (Fsp3) is 0.128. The van der Waals surface area contributed by atoms with Crippen LogP contribution in [0.15, 0.2) is 126 Å². The van der Waals surface area contributed by atoms with E-state index >= 15 is 0 Å². The molecule has 0 fully saturated rings. The van der Waals surface area contributed by atoms with Crippen LogP contribution >= 0.6 is 0 Å². The molecule has 0 bridgehead atoms. The molecule has 43 heavy (non-hydrogen) atoms. The third kappa shape index (κ3) is 5.17. The molecule has 0 aliphatic rings. The molecule has 2 aromatic heterocycles. The number of rotatable bonds is 5. The zero-order valence-corrected chi connectivity index (χ0v) is 24.5. The molecule has 0 radical (unpaired) electrons. The zero-order chi connectivity index (χ0) is 29.6. The van der Waals surface area contributed by atoms with Crippen LogP contribution in [-0.2, 0) is 11.8 Å². The van der Waals surface area contributed by atoms with Crippen LogP contribution in [-0.4, -0.2) is 15.1 Å². The van der Waals surface area contributed by atoms with Crippen LogP contribution in [0.3, 0.4) is 0 Å². The van der Waals surface area contributed by atoms with Gasteiger partial charge in [-0.3, -0.25) is 4.98 Å². The van der Waals surface area contributed by atoms with E-state index in [0.717, 1.165) is 50.7 Å². The van der Waals surface area contributed by atoms with Gasteiger partial charge in [0.2, 0.25) is 5.89 Å². The molecule has 210 valence electrons. The van der Waals surface area contributed by atoms with E-state index in [1.54, 1.807) is 12.1 Å². The van der Waals surface area contributed by atoms with Crippen molar-refractivity contribution in [1.29, 1.82) is 0 Å². The molecule has 1 N–H and O–H groups in total. The molecule has 5 aromatic carbocycles. The van der Waals surface area contributed by atoms with Crippen LogP contribution in [0.2, 0.25) is 0 Å². The lowest BCUT2D eigenvalue weighted by atomic mass is 9.84. The Kier molecular flexibility index (Phi) is 6.55. The van der Waals surface area contributed by atoms with Crippen molar-refractivity contribution in [2.24, 2.45) is 0 Å². The van der Waals surface area contributed by atoms with Gasteiger partial charge in [-0.05, 0) is 88.2 Å².